The Morgan fingerprint density at radius 3 is 2.75 bits per heavy atom. The molecule has 0 aromatic carbocycles. The first-order chi connectivity index (χ1) is 9.61. The van der Waals surface area contributed by atoms with Gasteiger partial charge in [-0.1, -0.05) is 0 Å². The Balaban J connectivity index is 2.08. The fourth-order valence-corrected chi connectivity index (χ4v) is 3.04. The van der Waals surface area contributed by atoms with E-state index in [1.54, 1.807) is 22.4 Å². The average Bonchev–Trinajstić information content (AvgIpc) is 2.71. The van der Waals surface area contributed by atoms with Crippen molar-refractivity contribution in [3.8, 4) is 6.07 Å². The number of rotatable bonds is 1. The standard InChI is InChI=1S/C13H14ClN5O/c1-18-10-7-16-12(14)17-11(10)19(13(18)20)9-4-2-8(6-15)3-5-9/h7-9H,2-5H2,1H3. The van der Waals surface area contributed by atoms with Crippen LogP contribution in [0, 0.1) is 17.2 Å². The van der Waals surface area contributed by atoms with Crippen LogP contribution < -0.4 is 5.69 Å². The Morgan fingerprint density at radius 1 is 1.40 bits per heavy atom. The zero-order valence-corrected chi connectivity index (χ0v) is 11.8. The highest BCUT2D eigenvalue weighted by Crippen LogP contribution is 2.32. The minimum Gasteiger partial charge on any atom is -0.292 e. The number of hydrogen-bond donors (Lipinski definition) is 0. The number of nitriles is 1. The molecule has 0 bridgehead atoms. The van der Waals surface area contributed by atoms with Crippen molar-refractivity contribution < 1.29 is 0 Å². The lowest BCUT2D eigenvalue weighted by atomic mass is 9.87. The van der Waals surface area contributed by atoms with E-state index >= 15 is 0 Å². The maximum Gasteiger partial charge on any atom is 0.330 e. The average molecular weight is 292 g/mol. The fourth-order valence-electron chi connectivity index (χ4n) is 2.91. The van der Waals surface area contributed by atoms with Crippen LogP contribution in [0.15, 0.2) is 11.0 Å². The molecule has 2 aromatic heterocycles. The van der Waals surface area contributed by atoms with Crippen LogP contribution in [0.1, 0.15) is 31.7 Å². The van der Waals surface area contributed by atoms with Gasteiger partial charge in [0, 0.05) is 19.0 Å². The van der Waals surface area contributed by atoms with Gasteiger partial charge >= 0.3 is 5.69 Å². The third-order valence-electron chi connectivity index (χ3n) is 4.05. The van der Waals surface area contributed by atoms with Gasteiger partial charge < -0.3 is 0 Å². The number of nitrogens with zero attached hydrogens (tertiary/aromatic N) is 5. The molecule has 3 rings (SSSR count). The predicted molar refractivity (Wildman–Crippen MR) is 74.4 cm³/mol. The first-order valence-corrected chi connectivity index (χ1v) is 6.98. The third kappa shape index (κ3) is 1.98. The van der Waals surface area contributed by atoms with Crippen LogP contribution >= 0.6 is 11.6 Å². The van der Waals surface area contributed by atoms with Crippen LogP contribution in [0.25, 0.3) is 11.2 Å². The maximum absolute atomic E-state index is 12.4. The van der Waals surface area contributed by atoms with Gasteiger partial charge in [0.2, 0.25) is 5.28 Å². The highest BCUT2D eigenvalue weighted by Gasteiger charge is 2.26. The summed E-state index contributed by atoms with van der Waals surface area (Å²) in [7, 11) is 1.71. The van der Waals surface area contributed by atoms with Gasteiger partial charge in [0.15, 0.2) is 5.65 Å². The lowest BCUT2D eigenvalue weighted by molar-refractivity contribution is 0.311. The fraction of sp³-hybridized carbons (Fsp3) is 0.538. The van der Waals surface area contributed by atoms with Crippen LogP contribution in [-0.2, 0) is 7.05 Å². The second kappa shape index (κ2) is 4.91. The quantitative estimate of drug-likeness (QED) is 0.753. The third-order valence-corrected chi connectivity index (χ3v) is 4.23. The molecule has 0 spiro atoms. The molecular weight excluding hydrogens is 278 g/mol. The van der Waals surface area contributed by atoms with Gasteiger partial charge in [-0.15, -0.1) is 0 Å². The molecule has 1 aliphatic carbocycles. The molecule has 2 aromatic rings. The summed E-state index contributed by atoms with van der Waals surface area (Å²) in [6.45, 7) is 0. The first-order valence-electron chi connectivity index (χ1n) is 6.61. The van der Waals surface area contributed by atoms with Crippen molar-refractivity contribution in [1.29, 1.82) is 5.26 Å². The molecule has 2 heterocycles. The lowest BCUT2D eigenvalue weighted by Gasteiger charge is -2.25. The highest BCUT2D eigenvalue weighted by atomic mass is 35.5. The van der Waals surface area contributed by atoms with E-state index in [2.05, 4.69) is 16.0 Å². The number of fused-ring (bicyclic) bond motifs is 1. The Kier molecular flexibility index (Phi) is 3.22. The van der Waals surface area contributed by atoms with Crippen LogP contribution in [0.4, 0.5) is 0 Å². The van der Waals surface area contributed by atoms with Crippen molar-refractivity contribution in [1.82, 2.24) is 19.1 Å². The minimum absolute atomic E-state index is 0.0850. The second-order valence-electron chi connectivity index (χ2n) is 5.19. The summed E-state index contributed by atoms with van der Waals surface area (Å²) >= 11 is 5.85. The van der Waals surface area contributed by atoms with Crippen molar-refractivity contribution in [3.05, 3.63) is 22.0 Å². The zero-order valence-electron chi connectivity index (χ0n) is 11.1. The summed E-state index contributed by atoms with van der Waals surface area (Å²) in [6, 6.07) is 2.39. The van der Waals surface area contributed by atoms with E-state index in [1.165, 1.54) is 0 Å². The smallest absolute Gasteiger partial charge is 0.292 e. The van der Waals surface area contributed by atoms with Crippen molar-refractivity contribution in [3.63, 3.8) is 0 Å². The molecule has 1 saturated carbocycles. The van der Waals surface area contributed by atoms with Gasteiger partial charge in [-0.05, 0) is 37.3 Å². The molecule has 0 atom stereocenters. The molecule has 0 N–H and O–H groups in total. The summed E-state index contributed by atoms with van der Waals surface area (Å²) < 4.78 is 3.25. The molecule has 6 nitrogen and oxygen atoms in total. The van der Waals surface area contributed by atoms with Gasteiger partial charge in [0.05, 0.1) is 12.3 Å². The number of aryl methyl sites for hydroxylation is 1. The van der Waals surface area contributed by atoms with Gasteiger partial charge in [-0.3, -0.25) is 9.13 Å². The van der Waals surface area contributed by atoms with Crippen molar-refractivity contribution >= 4 is 22.8 Å². The number of imidazole rings is 1. The largest absolute Gasteiger partial charge is 0.330 e. The molecular formula is C13H14ClN5O. The van der Waals surface area contributed by atoms with Crippen molar-refractivity contribution in [2.45, 2.75) is 31.7 Å². The Morgan fingerprint density at radius 2 is 2.10 bits per heavy atom. The van der Waals surface area contributed by atoms with E-state index in [9.17, 15) is 4.79 Å². The van der Waals surface area contributed by atoms with E-state index < -0.39 is 0 Å². The SMILES string of the molecule is Cn1c(=O)n(C2CCC(C#N)CC2)c2nc(Cl)ncc21. The van der Waals surface area contributed by atoms with Gasteiger partial charge in [0.1, 0.15) is 5.52 Å². The van der Waals surface area contributed by atoms with E-state index in [-0.39, 0.29) is 22.9 Å². The van der Waals surface area contributed by atoms with Gasteiger partial charge in [-0.2, -0.15) is 10.2 Å². The van der Waals surface area contributed by atoms with Crippen LogP contribution in [0.5, 0.6) is 0 Å². The maximum atomic E-state index is 12.4. The van der Waals surface area contributed by atoms with Crippen molar-refractivity contribution in [2.24, 2.45) is 13.0 Å². The predicted octanol–water partition coefficient (Wildman–Crippen LogP) is 2.04. The summed E-state index contributed by atoms with van der Waals surface area (Å²) in [6.07, 6.45) is 4.85. The van der Waals surface area contributed by atoms with E-state index in [0.717, 1.165) is 25.7 Å². The summed E-state index contributed by atoms with van der Waals surface area (Å²) in [5.74, 6) is 0.107. The minimum atomic E-state index is -0.100. The van der Waals surface area contributed by atoms with Crippen molar-refractivity contribution in [2.75, 3.05) is 0 Å². The number of hydrogen-bond acceptors (Lipinski definition) is 4. The topological polar surface area (TPSA) is 76.5 Å². The molecule has 0 unspecified atom stereocenters. The van der Waals surface area contributed by atoms with E-state index in [0.29, 0.717) is 11.2 Å². The molecule has 1 aliphatic rings. The Bertz CT molecular complexity index is 748. The molecule has 1 fully saturated rings. The summed E-state index contributed by atoms with van der Waals surface area (Å²) in [5.41, 5.74) is 1.16. The lowest BCUT2D eigenvalue weighted by Crippen LogP contribution is -2.28. The molecule has 7 heteroatoms. The molecule has 0 saturated heterocycles. The Hall–Kier alpha value is -1.87. The summed E-state index contributed by atoms with van der Waals surface area (Å²) in [4.78, 5) is 20.5. The number of aromatic nitrogens is 4. The zero-order chi connectivity index (χ0) is 14.3. The summed E-state index contributed by atoms with van der Waals surface area (Å²) in [5, 5.41) is 9.10. The van der Waals surface area contributed by atoms with E-state index in [1.807, 2.05) is 0 Å². The van der Waals surface area contributed by atoms with Crippen LogP contribution in [-0.4, -0.2) is 19.1 Å². The highest BCUT2D eigenvalue weighted by molar-refractivity contribution is 6.28. The second-order valence-corrected chi connectivity index (χ2v) is 5.53. The molecule has 104 valence electrons. The molecule has 0 aliphatic heterocycles. The molecule has 20 heavy (non-hydrogen) atoms. The normalized spacial score (nSPS) is 22.9. The van der Waals surface area contributed by atoms with Gasteiger partial charge in [0.25, 0.3) is 0 Å². The van der Waals surface area contributed by atoms with Crippen LogP contribution in [0.2, 0.25) is 5.28 Å². The Labute approximate surface area is 120 Å². The monoisotopic (exact) mass is 291 g/mol. The van der Waals surface area contributed by atoms with Gasteiger partial charge in [-0.25, -0.2) is 9.78 Å². The van der Waals surface area contributed by atoms with Crippen LogP contribution in [0.3, 0.4) is 0 Å². The first kappa shape index (κ1) is 13.1. The van der Waals surface area contributed by atoms with E-state index in [4.69, 9.17) is 16.9 Å². The molecule has 0 radical (unpaired) electrons. The number of halogens is 1. The molecule has 0 amide bonds.